The summed E-state index contributed by atoms with van der Waals surface area (Å²) >= 11 is 3.26. The number of carboxylic acid groups (broad SMARTS) is 1. The summed E-state index contributed by atoms with van der Waals surface area (Å²) in [5.74, 6) is -2.68. The molecule has 2 aromatic rings. The third kappa shape index (κ3) is 5.05. The normalized spacial score (nSPS) is 15.7. The van der Waals surface area contributed by atoms with Crippen LogP contribution in [0, 0.1) is 0 Å². The number of urea groups is 1. The molecule has 0 spiro atoms. The monoisotopic (exact) mass is 499 g/mol. The van der Waals surface area contributed by atoms with E-state index in [2.05, 4.69) is 21.2 Å². The van der Waals surface area contributed by atoms with Gasteiger partial charge in [-0.15, -0.1) is 0 Å². The summed E-state index contributed by atoms with van der Waals surface area (Å²) in [6.45, 7) is 5.53. The highest BCUT2D eigenvalue weighted by Crippen LogP contribution is 2.29. The Bertz CT molecular complexity index is 1130. The molecule has 0 bridgehead atoms. The van der Waals surface area contributed by atoms with Gasteiger partial charge < -0.3 is 14.6 Å². The van der Waals surface area contributed by atoms with E-state index in [1.807, 2.05) is 32.9 Å². The number of ether oxygens (including phenoxy) is 1. The summed E-state index contributed by atoms with van der Waals surface area (Å²) in [5, 5.41) is 12.7. The molecule has 0 saturated carbocycles. The molecule has 0 unspecified atom stereocenters. The van der Waals surface area contributed by atoms with Crippen molar-refractivity contribution in [2.75, 3.05) is 11.5 Å². The van der Waals surface area contributed by atoms with Crippen molar-refractivity contribution in [1.82, 2.24) is 5.32 Å². The number of carboxylic acids is 1. The highest BCUT2D eigenvalue weighted by Gasteiger charge is 2.36. The van der Waals surface area contributed by atoms with Crippen molar-refractivity contribution in [1.29, 1.82) is 0 Å². The number of benzene rings is 2. The van der Waals surface area contributed by atoms with Gasteiger partial charge in [-0.3, -0.25) is 14.9 Å². The van der Waals surface area contributed by atoms with Crippen LogP contribution in [0.4, 0.5) is 10.5 Å². The van der Waals surface area contributed by atoms with Crippen LogP contribution in [0.3, 0.4) is 0 Å². The Morgan fingerprint density at radius 3 is 2.34 bits per heavy atom. The van der Waals surface area contributed by atoms with Gasteiger partial charge in [-0.05, 0) is 62.8 Å². The number of carbonyl (C=O) groups excluding carboxylic acids is 4. The molecule has 166 valence electrons. The first kappa shape index (κ1) is 23.2. The maximum Gasteiger partial charge on any atom is 0.335 e. The molecule has 32 heavy (non-hydrogen) atoms. The lowest BCUT2D eigenvalue weighted by Crippen LogP contribution is -2.54. The molecule has 0 radical (unpaired) electrons. The highest BCUT2D eigenvalue weighted by molar-refractivity contribution is 9.10. The number of anilines is 1. The van der Waals surface area contributed by atoms with Crippen LogP contribution in [0.2, 0.25) is 0 Å². The van der Waals surface area contributed by atoms with Crippen LogP contribution in [-0.2, 0) is 19.8 Å². The van der Waals surface area contributed by atoms with Crippen molar-refractivity contribution < 1.29 is 29.0 Å². The van der Waals surface area contributed by atoms with Gasteiger partial charge in [0.15, 0.2) is 0 Å². The molecule has 1 aliphatic heterocycles. The smallest absolute Gasteiger partial charge is 0.335 e. The first-order valence-corrected chi connectivity index (χ1v) is 10.4. The van der Waals surface area contributed by atoms with E-state index in [-0.39, 0.29) is 16.7 Å². The number of halogens is 1. The van der Waals surface area contributed by atoms with Gasteiger partial charge in [-0.25, -0.2) is 9.69 Å². The van der Waals surface area contributed by atoms with Crippen molar-refractivity contribution in [3.8, 4) is 5.75 Å². The van der Waals surface area contributed by atoms with Gasteiger partial charge in [0.05, 0.1) is 16.1 Å². The Kier molecular flexibility index (Phi) is 6.50. The molecule has 0 aromatic heterocycles. The molecule has 1 heterocycles. The van der Waals surface area contributed by atoms with E-state index in [1.165, 1.54) is 12.1 Å². The zero-order chi connectivity index (χ0) is 23.6. The number of aliphatic carboxylic acids is 1. The Morgan fingerprint density at radius 1 is 1.12 bits per heavy atom. The summed E-state index contributed by atoms with van der Waals surface area (Å²) in [5.41, 5.74) is 1.51. The van der Waals surface area contributed by atoms with Crippen LogP contribution in [-0.4, -0.2) is 30.4 Å². The fourth-order valence-corrected chi connectivity index (χ4v) is 3.54. The van der Waals surface area contributed by atoms with E-state index >= 15 is 0 Å². The van der Waals surface area contributed by atoms with E-state index in [9.17, 15) is 24.3 Å². The maximum absolute atomic E-state index is 13.0. The predicted molar refractivity (Wildman–Crippen MR) is 119 cm³/mol. The molecule has 1 saturated heterocycles. The molecular weight excluding hydrogens is 480 g/mol. The number of imide groups is 2. The average molecular weight is 500 g/mol. The molecule has 0 aliphatic carbocycles. The van der Waals surface area contributed by atoms with Crippen molar-refractivity contribution in [3.05, 3.63) is 63.6 Å². The third-order valence-electron chi connectivity index (χ3n) is 4.71. The number of nitrogens with zero attached hydrogens (tertiary/aromatic N) is 1. The predicted octanol–water partition coefficient (Wildman–Crippen LogP) is 2.54. The Morgan fingerprint density at radius 2 is 1.78 bits per heavy atom. The summed E-state index contributed by atoms with van der Waals surface area (Å²) in [6.07, 6.45) is 1.34. The molecule has 9 heteroatoms. The van der Waals surface area contributed by atoms with Gasteiger partial charge >= 0.3 is 6.03 Å². The summed E-state index contributed by atoms with van der Waals surface area (Å²) in [7, 11) is 0. The third-order valence-corrected chi connectivity index (χ3v) is 5.33. The van der Waals surface area contributed by atoms with Gasteiger partial charge in [0.2, 0.25) is 0 Å². The number of hydrogen-bond donors (Lipinski definition) is 1. The first-order valence-electron chi connectivity index (χ1n) is 9.61. The molecule has 1 N–H and O–H groups in total. The van der Waals surface area contributed by atoms with Crippen LogP contribution < -0.4 is 20.1 Å². The second kappa shape index (κ2) is 8.96. The van der Waals surface area contributed by atoms with Crippen LogP contribution in [0.15, 0.2) is 52.5 Å². The summed E-state index contributed by atoms with van der Waals surface area (Å²) in [6, 6.07) is 10.7. The van der Waals surface area contributed by atoms with E-state index in [0.717, 1.165) is 10.5 Å². The molecule has 1 fully saturated rings. The summed E-state index contributed by atoms with van der Waals surface area (Å²) in [4.78, 5) is 49.2. The van der Waals surface area contributed by atoms with E-state index in [1.54, 1.807) is 24.3 Å². The van der Waals surface area contributed by atoms with Crippen LogP contribution in [0.1, 0.15) is 31.9 Å². The van der Waals surface area contributed by atoms with Crippen LogP contribution in [0.5, 0.6) is 5.75 Å². The van der Waals surface area contributed by atoms with Gasteiger partial charge in [0.1, 0.15) is 17.9 Å². The van der Waals surface area contributed by atoms with Gasteiger partial charge in [-0.1, -0.05) is 39.0 Å². The van der Waals surface area contributed by atoms with Gasteiger partial charge in [0.25, 0.3) is 11.8 Å². The zero-order valence-corrected chi connectivity index (χ0v) is 19.2. The largest absolute Gasteiger partial charge is 0.546 e. The lowest BCUT2D eigenvalue weighted by Gasteiger charge is -2.27. The second-order valence-corrected chi connectivity index (χ2v) is 8.96. The van der Waals surface area contributed by atoms with E-state index in [4.69, 9.17) is 4.74 Å². The van der Waals surface area contributed by atoms with E-state index in [0.29, 0.717) is 15.7 Å². The lowest BCUT2D eigenvalue weighted by molar-refractivity contribution is -0.307. The molecule has 1 aliphatic rings. The SMILES string of the molecule is CC(C)(C)c1ccc(N2C(=O)NC(=O)/C(=C/c3ccc(OCC(=O)[O-])c(Br)c3)C2=O)cc1. The number of nitrogens with one attached hydrogen (secondary N) is 1. The number of amides is 4. The van der Waals surface area contributed by atoms with Crippen molar-refractivity contribution in [3.63, 3.8) is 0 Å². The minimum Gasteiger partial charge on any atom is -0.546 e. The molecule has 8 nitrogen and oxygen atoms in total. The number of rotatable bonds is 5. The highest BCUT2D eigenvalue weighted by atomic mass is 79.9. The minimum atomic E-state index is -1.37. The Labute approximate surface area is 193 Å². The minimum absolute atomic E-state index is 0.0992. The first-order chi connectivity index (χ1) is 15.0. The molecule has 2 aromatic carbocycles. The lowest BCUT2D eigenvalue weighted by atomic mass is 9.87. The topological polar surface area (TPSA) is 116 Å². The Balaban J connectivity index is 1.90. The fourth-order valence-electron chi connectivity index (χ4n) is 3.03. The van der Waals surface area contributed by atoms with E-state index < -0.39 is 30.4 Å². The Hall–Kier alpha value is -3.46. The standard InChI is InChI=1S/C23H21BrN2O6/c1-23(2,3)14-5-7-15(8-6-14)26-21(30)16(20(29)25-22(26)31)10-13-4-9-18(17(24)11-13)32-12-19(27)28/h4-11H,12H2,1-3H3,(H,27,28)(H,25,29,31)/p-1/b16-10-. The van der Waals surface area contributed by atoms with Crippen molar-refractivity contribution in [2.24, 2.45) is 0 Å². The number of hydrogen-bond acceptors (Lipinski definition) is 6. The number of barbiturate groups is 1. The van der Waals surface area contributed by atoms with Gasteiger partial charge in [-0.2, -0.15) is 0 Å². The van der Waals surface area contributed by atoms with Gasteiger partial charge in [0, 0.05) is 0 Å². The van der Waals surface area contributed by atoms with Crippen molar-refractivity contribution in [2.45, 2.75) is 26.2 Å². The zero-order valence-electron chi connectivity index (χ0n) is 17.6. The molecule has 0 atom stereocenters. The molecule has 4 amide bonds. The fraction of sp³-hybridized carbons (Fsp3) is 0.217. The average Bonchev–Trinajstić information content (AvgIpc) is 2.70. The molecular formula is C23H20BrN2O6-. The van der Waals surface area contributed by atoms with Crippen LogP contribution >= 0.6 is 15.9 Å². The van der Waals surface area contributed by atoms with Crippen LogP contribution in [0.25, 0.3) is 6.08 Å². The molecule has 3 rings (SSSR count). The second-order valence-electron chi connectivity index (χ2n) is 8.11. The van der Waals surface area contributed by atoms with Crippen molar-refractivity contribution >= 4 is 51.5 Å². The maximum atomic E-state index is 13.0. The summed E-state index contributed by atoms with van der Waals surface area (Å²) < 4.78 is 5.50. The quantitative estimate of drug-likeness (QED) is 0.499. The number of carbonyl (C=O) groups is 4.